The zero-order chi connectivity index (χ0) is 14.0. The quantitative estimate of drug-likeness (QED) is 0.651. The highest BCUT2D eigenvalue weighted by atomic mass is 16.6. The molecule has 1 aromatic rings. The largest absolute Gasteiger partial charge is 0.333 e. The van der Waals surface area contributed by atoms with Gasteiger partial charge in [-0.25, -0.2) is 9.97 Å². The third kappa shape index (κ3) is 2.33. The lowest BCUT2D eigenvalue weighted by atomic mass is 9.79. The summed E-state index contributed by atoms with van der Waals surface area (Å²) in [6.07, 6.45) is 8.63. The van der Waals surface area contributed by atoms with Crippen LogP contribution >= 0.6 is 0 Å². The molecule has 3 rings (SSSR count). The Morgan fingerprint density at radius 3 is 2.60 bits per heavy atom. The molecule has 0 atom stereocenters. The first-order valence-electron chi connectivity index (χ1n) is 7.16. The summed E-state index contributed by atoms with van der Waals surface area (Å²) in [7, 11) is 0. The van der Waals surface area contributed by atoms with Gasteiger partial charge in [0.05, 0.1) is 10.5 Å². The molecule has 2 heterocycles. The van der Waals surface area contributed by atoms with Crippen LogP contribution < -0.4 is 10.2 Å². The fourth-order valence-electron chi connectivity index (χ4n) is 3.36. The van der Waals surface area contributed by atoms with Crippen molar-refractivity contribution in [3.63, 3.8) is 0 Å². The zero-order valence-corrected chi connectivity index (χ0v) is 11.4. The Morgan fingerprint density at radius 1 is 1.25 bits per heavy atom. The van der Waals surface area contributed by atoms with Gasteiger partial charge in [0.25, 0.3) is 0 Å². The van der Waals surface area contributed by atoms with E-state index in [0.717, 1.165) is 32.5 Å². The van der Waals surface area contributed by atoms with Gasteiger partial charge in [0, 0.05) is 19.6 Å². The number of nitro groups is 1. The number of aromatic nitrogens is 2. The maximum Gasteiger partial charge on any atom is 0.305 e. The Labute approximate surface area is 117 Å². The predicted molar refractivity (Wildman–Crippen MR) is 74.7 cm³/mol. The van der Waals surface area contributed by atoms with Crippen LogP contribution in [0.3, 0.4) is 0 Å². The fraction of sp³-hybridized carbons (Fsp3) is 0.692. The van der Waals surface area contributed by atoms with E-state index in [1.165, 1.54) is 31.7 Å². The van der Waals surface area contributed by atoms with Gasteiger partial charge in [0.2, 0.25) is 5.95 Å². The van der Waals surface area contributed by atoms with Crippen LogP contribution in [0.1, 0.15) is 32.1 Å². The number of hydrogen-bond acceptors (Lipinski definition) is 6. The van der Waals surface area contributed by atoms with Crippen LogP contribution in [0.25, 0.3) is 0 Å². The van der Waals surface area contributed by atoms with E-state index in [1.807, 2.05) is 0 Å². The summed E-state index contributed by atoms with van der Waals surface area (Å²) >= 11 is 0. The Morgan fingerprint density at radius 2 is 1.95 bits per heavy atom. The van der Waals surface area contributed by atoms with E-state index < -0.39 is 4.92 Å². The van der Waals surface area contributed by atoms with Crippen LogP contribution in [0.15, 0.2) is 12.4 Å². The molecule has 1 N–H and O–H groups in total. The molecular formula is C13H19N5O2. The summed E-state index contributed by atoms with van der Waals surface area (Å²) in [6.45, 7) is 2.72. The van der Waals surface area contributed by atoms with Gasteiger partial charge >= 0.3 is 5.69 Å². The Kier molecular flexibility index (Phi) is 3.52. The van der Waals surface area contributed by atoms with E-state index in [1.54, 1.807) is 0 Å². The molecule has 1 aliphatic carbocycles. The molecule has 0 radical (unpaired) electrons. The lowest BCUT2D eigenvalue weighted by Gasteiger charge is -2.49. The van der Waals surface area contributed by atoms with Crippen LogP contribution in [0, 0.1) is 10.1 Å². The van der Waals surface area contributed by atoms with Crippen molar-refractivity contribution in [2.24, 2.45) is 0 Å². The second-order valence-corrected chi connectivity index (χ2v) is 5.61. The molecule has 1 saturated carbocycles. The molecule has 20 heavy (non-hydrogen) atoms. The summed E-state index contributed by atoms with van der Waals surface area (Å²) in [5, 5.41) is 14.2. The van der Waals surface area contributed by atoms with E-state index >= 15 is 0 Å². The summed E-state index contributed by atoms with van der Waals surface area (Å²) in [5.41, 5.74) is 0.0358. The van der Waals surface area contributed by atoms with Crippen molar-refractivity contribution in [3.05, 3.63) is 22.5 Å². The Balaban J connectivity index is 1.87. The number of nitrogens with zero attached hydrogens (tertiary/aromatic N) is 4. The highest BCUT2D eigenvalue weighted by Gasteiger charge is 2.41. The third-order valence-electron chi connectivity index (χ3n) is 4.40. The summed E-state index contributed by atoms with van der Waals surface area (Å²) < 4.78 is 0. The van der Waals surface area contributed by atoms with Crippen LogP contribution in [0.2, 0.25) is 0 Å². The van der Waals surface area contributed by atoms with Gasteiger partial charge in [0.1, 0.15) is 12.4 Å². The minimum atomic E-state index is -0.460. The minimum Gasteiger partial charge on any atom is -0.333 e. The molecule has 0 bridgehead atoms. The molecule has 2 aliphatic rings. The smallest absolute Gasteiger partial charge is 0.305 e. The lowest BCUT2D eigenvalue weighted by molar-refractivity contribution is -0.385. The minimum absolute atomic E-state index is 0.0541. The van der Waals surface area contributed by atoms with Crippen molar-refractivity contribution in [3.8, 4) is 0 Å². The van der Waals surface area contributed by atoms with Crippen molar-refractivity contribution in [2.75, 3.05) is 24.5 Å². The molecule has 0 unspecified atom stereocenters. The summed E-state index contributed by atoms with van der Waals surface area (Å²) in [6, 6.07) is 0. The number of hydrogen-bond donors (Lipinski definition) is 1. The van der Waals surface area contributed by atoms with E-state index in [0.29, 0.717) is 5.95 Å². The van der Waals surface area contributed by atoms with E-state index in [4.69, 9.17) is 0 Å². The molecule has 108 valence electrons. The van der Waals surface area contributed by atoms with Crippen molar-refractivity contribution in [1.29, 1.82) is 0 Å². The average Bonchev–Trinajstić information content (AvgIpc) is 2.49. The monoisotopic (exact) mass is 277 g/mol. The number of rotatable bonds is 2. The summed E-state index contributed by atoms with van der Waals surface area (Å²) in [5.74, 6) is 0.624. The van der Waals surface area contributed by atoms with E-state index in [9.17, 15) is 10.1 Å². The Hall–Kier alpha value is -1.76. The first-order valence-corrected chi connectivity index (χ1v) is 7.16. The molecular weight excluding hydrogens is 258 g/mol. The summed E-state index contributed by atoms with van der Waals surface area (Å²) in [4.78, 5) is 20.9. The zero-order valence-electron chi connectivity index (χ0n) is 11.4. The maximum absolute atomic E-state index is 10.7. The first kappa shape index (κ1) is 13.2. The van der Waals surface area contributed by atoms with Crippen molar-refractivity contribution in [2.45, 2.75) is 37.6 Å². The highest BCUT2D eigenvalue weighted by molar-refractivity contribution is 5.39. The molecule has 0 aromatic carbocycles. The van der Waals surface area contributed by atoms with Gasteiger partial charge in [-0.05, 0) is 12.8 Å². The van der Waals surface area contributed by atoms with Gasteiger partial charge < -0.3 is 10.2 Å². The first-order chi connectivity index (χ1) is 9.71. The molecule has 2 fully saturated rings. The number of piperazine rings is 1. The van der Waals surface area contributed by atoms with E-state index in [2.05, 4.69) is 20.2 Å². The number of nitrogens with one attached hydrogen (secondary N) is 1. The molecule has 1 aliphatic heterocycles. The molecule has 1 saturated heterocycles. The van der Waals surface area contributed by atoms with Gasteiger partial charge in [-0.2, -0.15) is 0 Å². The van der Waals surface area contributed by atoms with Crippen LogP contribution in [0.4, 0.5) is 11.6 Å². The molecule has 7 nitrogen and oxygen atoms in total. The lowest BCUT2D eigenvalue weighted by Crippen LogP contribution is -2.62. The van der Waals surface area contributed by atoms with Gasteiger partial charge in [0.15, 0.2) is 0 Å². The predicted octanol–water partition coefficient (Wildman–Crippen LogP) is 1.50. The number of anilines is 1. The molecule has 1 aromatic heterocycles. The highest BCUT2D eigenvalue weighted by Crippen LogP contribution is 2.36. The van der Waals surface area contributed by atoms with Gasteiger partial charge in [-0.15, -0.1) is 0 Å². The van der Waals surface area contributed by atoms with Crippen molar-refractivity contribution >= 4 is 11.6 Å². The third-order valence-corrected chi connectivity index (χ3v) is 4.40. The molecule has 7 heteroatoms. The van der Waals surface area contributed by atoms with Gasteiger partial charge in [-0.3, -0.25) is 10.1 Å². The molecule has 0 amide bonds. The van der Waals surface area contributed by atoms with Crippen molar-refractivity contribution < 1.29 is 4.92 Å². The average molecular weight is 277 g/mol. The van der Waals surface area contributed by atoms with Crippen LogP contribution in [0.5, 0.6) is 0 Å². The second-order valence-electron chi connectivity index (χ2n) is 5.61. The Bertz CT molecular complexity index is 476. The maximum atomic E-state index is 10.7. The normalized spacial score (nSPS) is 21.9. The van der Waals surface area contributed by atoms with E-state index in [-0.39, 0.29) is 11.2 Å². The van der Waals surface area contributed by atoms with Crippen LogP contribution in [-0.4, -0.2) is 40.1 Å². The fourth-order valence-corrected chi connectivity index (χ4v) is 3.36. The van der Waals surface area contributed by atoms with Crippen molar-refractivity contribution in [1.82, 2.24) is 15.3 Å². The molecule has 1 spiro atoms. The SMILES string of the molecule is O=[N+]([O-])c1cnc(N2CCNCC23CCCCC3)nc1. The van der Waals surface area contributed by atoms with Crippen LogP contribution in [-0.2, 0) is 0 Å². The van der Waals surface area contributed by atoms with Gasteiger partial charge in [-0.1, -0.05) is 19.3 Å². The second kappa shape index (κ2) is 5.32. The topological polar surface area (TPSA) is 84.2 Å². The standard InChI is InChI=1S/C13H19N5O2/c19-18(20)11-8-15-12(16-9-11)17-7-6-14-10-13(17)4-2-1-3-5-13/h8-9,14H,1-7,10H2.